The minimum Gasteiger partial charge on any atom is -0.497 e. The van der Waals surface area contributed by atoms with Gasteiger partial charge in [-0.15, -0.1) is 0 Å². The monoisotopic (exact) mass is 284 g/mol. The number of ether oxygens (including phenoxy) is 2. The second-order valence-electron chi connectivity index (χ2n) is 4.42. The van der Waals surface area contributed by atoms with E-state index in [9.17, 15) is 4.79 Å². The van der Waals surface area contributed by atoms with Gasteiger partial charge in [0.05, 0.1) is 19.4 Å². The predicted molar refractivity (Wildman–Crippen MR) is 79.3 cm³/mol. The lowest BCUT2D eigenvalue weighted by atomic mass is 10.1. The van der Waals surface area contributed by atoms with Crippen LogP contribution in [0.25, 0.3) is 11.3 Å². The fraction of sp³-hybridized carbons (Fsp3) is 0.250. The highest BCUT2D eigenvalue weighted by Crippen LogP contribution is 2.21. The van der Waals surface area contributed by atoms with Crippen molar-refractivity contribution in [2.24, 2.45) is 0 Å². The van der Waals surface area contributed by atoms with Gasteiger partial charge in [-0.1, -0.05) is 0 Å². The van der Waals surface area contributed by atoms with Crippen molar-refractivity contribution in [2.45, 2.75) is 6.54 Å². The third kappa shape index (κ3) is 3.12. The second-order valence-corrected chi connectivity index (χ2v) is 4.42. The molecule has 1 aromatic carbocycles. The number of rotatable bonds is 5. The first-order valence-corrected chi connectivity index (χ1v) is 6.48. The summed E-state index contributed by atoms with van der Waals surface area (Å²) in [6.07, 6.45) is 0. The van der Waals surface area contributed by atoms with Crippen molar-refractivity contribution >= 4 is 0 Å². The molecule has 0 aliphatic heterocycles. The molecule has 0 saturated heterocycles. The molecule has 1 heterocycles. The van der Waals surface area contributed by atoms with Gasteiger partial charge < -0.3 is 14.0 Å². The fourth-order valence-corrected chi connectivity index (χ4v) is 2.08. The second kappa shape index (κ2) is 6.73. The van der Waals surface area contributed by atoms with Crippen LogP contribution in [0.2, 0.25) is 0 Å². The average molecular weight is 284 g/mol. The molecule has 2 aromatic rings. The summed E-state index contributed by atoms with van der Waals surface area (Å²) in [6, 6.07) is 12.7. The third-order valence-corrected chi connectivity index (χ3v) is 3.20. The number of nitriles is 1. The molecule has 5 nitrogen and oxygen atoms in total. The van der Waals surface area contributed by atoms with Crippen molar-refractivity contribution in [3.05, 3.63) is 52.3 Å². The van der Waals surface area contributed by atoms with Gasteiger partial charge in [-0.2, -0.15) is 5.26 Å². The molecule has 108 valence electrons. The van der Waals surface area contributed by atoms with E-state index in [2.05, 4.69) is 0 Å². The Morgan fingerprint density at radius 1 is 1.14 bits per heavy atom. The highest BCUT2D eigenvalue weighted by Gasteiger charge is 2.10. The maximum Gasteiger partial charge on any atom is 0.269 e. The predicted octanol–water partition coefficient (Wildman–Crippen LogP) is 2.04. The number of nitrogens with zero attached hydrogens (tertiary/aromatic N) is 2. The maximum absolute atomic E-state index is 12.3. The zero-order chi connectivity index (χ0) is 15.2. The largest absolute Gasteiger partial charge is 0.497 e. The molecule has 0 bridgehead atoms. The van der Waals surface area contributed by atoms with Crippen LogP contribution in [0.5, 0.6) is 5.75 Å². The van der Waals surface area contributed by atoms with Gasteiger partial charge in [-0.3, -0.25) is 4.79 Å². The summed E-state index contributed by atoms with van der Waals surface area (Å²) in [7, 11) is 3.18. The summed E-state index contributed by atoms with van der Waals surface area (Å²) in [6.45, 7) is 0.796. The van der Waals surface area contributed by atoms with E-state index in [1.165, 1.54) is 0 Å². The Morgan fingerprint density at radius 3 is 2.43 bits per heavy atom. The highest BCUT2D eigenvalue weighted by molar-refractivity contribution is 5.61. The van der Waals surface area contributed by atoms with Gasteiger partial charge in [0, 0.05) is 13.7 Å². The Labute approximate surface area is 123 Å². The van der Waals surface area contributed by atoms with Crippen molar-refractivity contribution in [1.82, 2.24) is 4.57 Å². The number of hydrogen-bond acceptors (Lipinski definition) is 4. The van der Waals surface area contributed by atoms with Gasteiger partial charge in [-0.05, 0) is 42.0 Å². The number of methoxy groups -OCH3 is 2. The minimum absolute atomic E-state index is 0.128. The zero-order valence-electron chi connectivity index (χ0n) is 12.0. The quantitative estimate of drug-likeness (QED) is 0.843. The van der Waals surface area contributed by atoms with Crippen LogP contribution in [0, 0.1) is 11.3 Å². The molecule has 1 aromatic heterocycles. The summed E-state index contributed by atoms with van der Waals surface area (Å²) in [5.41, 5.74) is 1.46. The number of aromatic nitrogens is 1. The van der Waals surface area contributed by atoms with Gasteiger partial charge in [-0.25, -0.2) is 0 Å². The zero-order valence-corrected chi connectivity index (χ0v) is 12.0. The molecule has 21 heavy (non-hydrogen) atoms. The van der Waals surface area contributed by atoms with E-state index >= 15 is 0 Å². The van der Waals surface area contributed by atoms with Crippen LogP contribution in [0.15, 0.2) is 41.2 Å². The van der Waals surface area contributed by atoms with Crippen LogP contribution in [0.4, 0.5) is 0 Å². The average Bonchev–Trinajstić information content (AvgIpc) is 2.53. The van der Waals surface area contributed by atoms with Crippen LogP contribution >= 0.6 is 0 Å². The first-order chi connectivity index (χ1) is 10.2. The fourth-order valence-electron chi connectivity index (χ4n) is 2.08. The van der Waals surface area contributed by atoms with Crippen LogP contribution in [0.3, 0.4) is 0 Å². The minimum atomic E-state index is -0.303. The molecule has 0 spiro atoms. The molecule has 0 aliphatic carbocycles. The van der Waals surface area contributed by atoms with E-state index < -0.39 is 0 Å². The van der Waals surface area contributed by atoms with E-state index in [0.29, 0.717) is 13.2 Å². The van der Waals surface area contributed by atoms with Gasteiger partial charge in [0.1, 0.15) is 17.4 Å². The summed E-state index contributed by atoms with van der Waals surface area (Å²) < 4.78 is 11.7. The van der Waals surface area contributed by atoms with Crippen LogP contribution < -0.4 is 10.3 Å². The van der Waals surface area contributed by atoms with E-state index in [4.69, 9.17) is 14.7 Å². The van der Waals surface area contributed by atoms with Crippen molar-refractivity contribution in [1.29, 1.82) is 5.26 Å². The van der Waals surface area contributed by atoms with Crippen LogP contribution in [-0.2, 0) is 11.3 Å². The first-order valence-electron chi connectivity index (χ1n) is 6.48. The first kappa shape index (κ1) is 14.8. The van der Waals surface area contributed by atoms with Crippen molar-refractivity contribution in [3.63, 3.8) is 0 Å². The van der Waals surface area contributed by atoms with Crippen LogP contribution in [0.1, 0.15) is 5.56 Å². The maximum atomic E-state index is 12.3. The summed E-state index contributed by atoms with van der Waals surface area (Å²) in [4.78, 5) is 12.3. The van der Waals surface area contributed by atoms with E-state index in [1.54, 1.807) is 30.9 Å². The topological polar surface area (TPSA) is 64.2 Å². The van der Waals surface area contributed by atoms with Gasteiger partial charge in [0.2, 0.25) is 0 Å². The summed E-state index contributed by atoms with van der Waals surface area (Å²) in [5.74, 6) is 0.748. The molecule has 0 radical (unpaired) electrons. The van der Waals surface area contributed by atoms with Crippen molar-refractivity contribution in [2.75, 3.05) is 20.8 Å². The molecule has 0 aliphatic rings. The van der Waals surface area contributed by atoms with Gasteiger partial charge in [0.15, 0.2) is 0 Å². The Hall–Kier alpha value is -2.58. The molecule has 0 atom stereocenters. The lowest BCUT2D eigenvalue weighted by molar-refractivity contribution is 0.186. The number of hydrogen-bond donors (Lipinski definition) is 0. The Morgan fingerprint density at radius 2 is 1.86 bits per heavy atom. The number of pyridine rings is 1. The molecule has 0 amide bonds. The molecule has 0 unspecified atom stereocenters. The highest BCUT2D eigenvalue weighted by atomic mass is 16.5. The standard InChI is InChI=1S/C16H16N2O3/c1-20-10-9-18-15(8-5-13(11-17)16(18)19)12-3-6-14(21-2)7-4-12/h3-8H,9-10H2,1-2H3. The lowest BCUT2D eigenvalue weighted by Gasteiger charge is -2.13. The molecule has 2 rings (SSSR count). The molecule has 0 fully saturated rings. The lowest BCUT2D eigenvalue weighted by Crippen LogP contribution is -2.25. The summed E-state index contributed by atoms with van der Waals surface area (Å²) in [5, 5.41) is 8.99. The smallest absolute Gasteiger partial charge is 0.269 e. The Balaban J connectivity index is 2.53. The van der Waals surface area contributed by atoms with Gasteiger partial charge >= 0.3 is 0 Å². The SMILES string of the molecule is COCCn1c(-c2ccc(OC)cc2)ccc(C#N)c1=O. The molecule has 0 N–H and O–H groups in total. The van der Waals surface area contributed by atoms with Crippen LogP contribution in [-0.4, -0.2) is 25.4 Å². The van der Waals surface area contributed by atoms with E-state index in [-0.39, 0.29) is 11.1 Å². The van der Waals surface area contributed by atoms with Crippen molar-refractivity contribution in [3.8, 4) is 23.1 Å². The van der Waals surface area contributed by atoms with E-state index in [0.717, 1.165) is 17.0 Å². The Bertz CT molecular complexity index is 712. The van der Waals surface area contributed by atoms with Crippen molar-refractivity contribution < 1.29 is 9.47 Å². The molecule has 5 heteroatoms. The normalized spacial score (nSPS) is 10.1. The molecular weight excluding hydrogens is 268 g/mol. The number of benzene rings is 1. The van der Waals surface area contributed by atoms with Gasteiger partial charge in [0.25, 0.3) is 5.56 Å². The Kier molecular flexibility index (Phi) is 4.75. The summed E-state index contributed by atoms with van der Waals surface area (Å²) >= 11 is 0. The molecule has 0 saturated carbocycles. The third-order valence-electron chi connectivity index (χ3n) is 3.20. The molecular formula is C16H16N2O3. The van der Waals surface area contributed by atoms with E-state index in [1.807, 2.05) is 30.3 Å².